The molecule has 0 saturated carbocycles. The zero-order valence-electron chi connectivity index (χ0n) is 23.0. The monoisotopic (exact) mass is 528 g/mol. The van der Waals surface area contributed by atoms with E-state index in [1.54, 1.807) is 0 Å². The van der Waals surface area contributed by atoms with Gasteiger partial charge in [0.15, 0.2) is 5.58 Å². The fraction of sp³-hybridized carbons (Fsp3) is 0.0789. The third-order valence-electron chi connectivity index (χ3n) is 8.52. The number of nitrogens with zero attached hydrogens (tertiary/aromatic N) is 2. The molecule has 7 aromatic rings. The van der Waals surface area contributed by atoms with E-state index < -0.39 is 0 Å². The minimum Gasteiger partial charge on any atom is -0.454 e. The molecule has 0 unspecified atom stereocenters. The third-order valence-corrected chi connectivity index (χ3v) is 8.52. The molecule has 0 saturated heterocycles. The summed E-state index contributed by atoms with van der Waals surface area (Å²) in [5.41, 5.74) is 13.5. The molecule has 2 aromatic heterocycles. The number of hydrogen-bond donors (Lipinski definition) is 0. The summed E-state index contributed by atoms with van der Waals surface area (Å²) in [7, 11) is 0. The predicted octanol–water partition coefficient (Wildman–Crippen LogP) is 10.4. The van der Waals surface area contributed by atoms with Crippen molar-refractivity contribution in [2.24, 2.45) is 0 Å². The van der Waals surface area contributed by atoms with Gasteiger partial charge in [0.2, 0.25) is 0 Å². The molecule has 0 radical (unpaired) electrons. The zero-order valence-corrected chi connectivity index (χ0v) is 23.0. The third kappa shape index (κ3) is 3.70. The molecule has 3 heteroatoms. The zero-order chi connectivity index (χ0) is 27.6. The van der Waals surface area contributed by atoms with Crippen molar-refractivity contribution < 1.29 is 4.42 Å². The molecule has 0 spiro atoms. The van der Waals surface area contributed by atoms with Gasteiger partial charge in [0.05, 0.1) is 0 Å². The van der Waals surface area contributed by atoms with Crippen LogP contribution in [0.2, 0.25) is 0 Å². The smallest absolute Gasteiger partial charge is 0.153 e. The van der Waals surface area contributed by atoms with Crippen molar-refractivity contribution in [2.75, 3.05) is 4.90 Å². The molecule has 0 amide bonds. The van der Waals surface area contributed by atoms with Gasteiger partial charge in [-0.1, -0.05) is 86.6 Å². The Morgan fingerprint density at radius 2 is 1.24 bits per heavy atom. The van der Waals surface area contributed by atoms with Gasteiger partial charge in [-0.15, -0.1) is 0 Å². The van der Waals surface area contributed by atoms with Gasteiger partial charge in [-0.05, 0) is 88.0 Å². The Balaban J connectivity index is 1.31. The molecule has 41 heavy (non-hydrogen) atoms. The summed E-state index contributed by atoms with van der Waals surface area (Å²) in [6.07, 6.45) is 1.82. The highest BCUT2D eigenvalue weighted by Crippen LogP contribution is 2.50. The van der Waals surface area contributed by atoms with E-state index >= 15 is 0 Å². The average Bonchev–Trinajstić information content (AvgIpc) is 3.50. The van der Waals surface area contributed by atoms with Crippen LogP contribution < -0.4 is 4.90 Å². The SMILES string of the molecule is CC1(C)c2ccccc2-c2ccc(N(c3ccc(-c4ccccc4)cc3)c3ccc4oc5cccnc5c4c3)cc21. The lowest BCUT2D eigenvalue weighted by Crippen LogP contribution is -2.16. The van der Waals surface area contributed by atoms with Crippen LogP contribution in [-0.4, -0.2) is 4.98 Å². The summed E-state index contributed by atoms with van der Waals surface area (Å²) in [6.45, 7) is 4.66. The van der Waals surface area contributed by atoms with Gasteiger partial charge >= 0.3 is 0 Å². The second-order valence-corrected chi connectivity index (χ2v) is 11.3. The first-order chi connectivity index (χ1) is 20.1. The lowest BCUT2D eigenvalue weighted by Gasteiger charge is -2.28. The van der Waals surface area contributed by atoms with Gasteiger partial charge in [-0.2, -0.15) is 0 Å². The molecule has 196 valence electrons. The Bertz CT molecular complexity index is 2070. The number of aromatic nitrogens is 1. The van der Waals surface area contributed by atoms with Crippen LogP contribution in [0.4, 0.5) is 17.1 Å². The highest BCUT2D eigenvalue weighted by atomic mass is 16.3. The molecular formula is C38H28N2O. The van der Waals surface area contributed by atoms with Crippen LogP contribution >= 0.6 is 0 Å². The molecule has 0 fully saturated rings. The first-order valence-corrected chi connectivity index (χ1v) is 14.1. The number of fused-ring (bicyclic) bond motifs is 6. The summed E-state index contributed by atoms with van der Waals surface area (Å²) in [5, 5.41) is 1.01. The fourth-order valence-electron chi connectivity index (χ4n) is 6.44. The second-order valence-electron chi connectivity index (χ2n) is 11.3. The van der Waals surface area contributed by atoms with Crippen LogP contribution in [0.5, 0.6) is 0 Å². The van der Waals surface area contributed by atoms with Crippen molar-refractivity contribution in [1.82, 2.24) is 4.98 Å². The number of pyridine rings is 1. The van der Waals surface area contributed by atoms with Crippen LogP contribution in [0, 0.1) is 0 Å². The standard InChI is InChI=1S/C38H28N2O/c1-38(2)33-12-7-6-11-30(33)31-20-18-29(24-34(31)38)40(27-16-14-26(15-17-27)25-9-4-3-5-10-25)28-19-21-35-32(23-28)37-36(41-35)13-8-22-39-37/h3-24H,1-2H3. The van der Waals surface area contributed by atoms with Gasteiger partial charge in [-0.3, -0.25) is 4.98 Å². The van der Waals surface area contributed by atoms with E-state index in [1.165, 1.54) is 33.4 Å². The van der Waals surface area contributed by atoms with E-state index in [2.05, 4.69) is 139 Å². The number of anilines is 3. The normalized spacial score (nSPS) is 13.3. The first kappa shape index (κ1) is 23.7. The van der Waals surface area contributed by atoms with Crippen LogP contribution in [0.3, 0.4) is 0 Å². The largest absolute Gasteiger partial charge is 0.454 e. The average molecular weight is 529 g/mol. The maximum atomic E-state index is 6.11. The lowest BCUT2D eigenvalue weighted by molar-refractivity contribution is 0.660. The van der Waals surface area contributed by atoms with Crippen molar-refractivity contribution in [3.63, 3.8) is 0 Å². The van der Waals surface area contributed by atoms with Gasteiger partial charge in [-0.25, -0.2) is 0 Å². The highest BCUT2D eigenvalue weighted by Gasteiger charge is 2.35. The summed E-state index contributed by atoms with van der Waals surface area (Å²) in [5.74, 6) is 0. The lowest BCUT2D eigenvalue weighted by atomic mass is 9.82. The molecule has 8 rings (SSSR count). The Hall–Kier alpha value is -5.15. The van der Waals surface area contributed by atoms with E-state index in [4.69, 9.17) is 4.42 Å². The molecule has 0 atom stereocenters. The van der Waals surface area contributed by atoms with Crippen molar-refractivity contribution in [2.45, 2.75) is 19.3 Å². The second kappa shape index (κ2) is 8.94. The Morgan fingerprint density at radius 1 is 0.561 bits per heavy atom. The maximum Gasteiger partial charge on any atom is 0.153 e. The summed E-state index contributed by atoms with van der Waals surface area (Å²) in [6, 6.07) is 45.3. The van der Waals surface area contributed by atoms with E-state index in [9.17, 15) is 0 Å². The van der Waals surface area contributed by atoms with Gasteiger partial charge < -0.3 is 9.32 Å². The Labute approximate surface area is 239 Å². The van der Waals surface area contributed by atoms with Crippen molar-refractivity contribution in [3.8, 4) is 22.3 Å². The molecule has 0 bridgehead atoms. The summed E-state index contributed by atoms with van der Waals surface area (Å²) >= 11 is 0. The molecule has 0 N–H and O–H groups in total. The molecule has 5 aromatic carbocycles. The minimum absolute atomic E-state index is 0.0839. The maximum absolute atomic E-state index is 6.11. The molecule has 0 aliphatic heterocycles. The summed E-state index contributed by atoms with van der Waals surface area (Å²) in [4.78, 5) is 6.98. The van der Waals surface area contributed by atoms with E-state index in [-0.39, 0.29) is 5.41 Å². The fourth-order valence-corrected chi connectivity index (χ4v) is 6.44. The molecule has 3 nitrogen and oxygen atoms in total. The number of furan rings is 1. The van der Waals surface area contributed by atoms with Crippen LogP contribution in [0.1, 0.15) is 25.0 Å². The van der Waals surface area contributed by atoms with Crippen molar-refractivity contribution >= 4 is 39.1 Å². The van der Waals surface area contributed by atoms with E-state index in [0.717, 1.165) is 39.1 Å². The van der Waals surface area contributed by atoms with Crippen molar-refractivity contribution in [3.05, 3.63) is 145 Å². The number of hydrogen-bond acceptors (Lipinski definition) is 3. The van der Waals surface area contributed by atoms with Crippen LogP contribution in [0.25, 0.3) is 44.3 Å². The van der Waals surface area contributed by atoms with Crippen LogP contribution in [-0.2, 0) is 5.41 Å². The molecule has 1 aliphatic carbocycles. The Kier molecular flexibility index (Phi) is 5.17. The number of rotatable bonds is 4. The van der Waals surface area contributed by atoms with Crippen LogP contribution in [0.15, 0.2) is 138 Å². The highest BCUT2D eigenvalue weighted by molar-refractivity contribution is 6.04. The van der Waals surface area contributed by atoms with E-state index in [0.29, 0.717) is 0 Å². The first-order valence-electron chi connectivity index (χ1n) is 14.1. The number of benzene rings is 5. The topological polar surface area (TPSA) is 29.3 Å². The molecule has 2 heterocycles. The minimum atomic E-state index is -0.0839. The summed E-state index contributed by atoms with van der Waals surface area (Å²) < 4.78 is 6.11. The predicted molar refractivity (Wildman–Crippen MR) is 169 cm³/mol. The van der Waals surface area contributed by atoms with Crippen molar-refractivity contribution in [1.29, 1.82) is 0 Å². The van der Waals surface area contributed by atoms with E-state index in [1.807, 2.05) is 18.3 Å². The molecular weight excluding hydrogens is 500 g/mol. The van der Waals surface area contributed by atoms with Gasteiger partial charge in [0, 0.05) is 34.1 Å². The van der Waals surface area contributed by atoms with Gasteiger partial charge in [0.1, 0.15) is 11.1 Å². The van der Waals surface area contributed by atoms with Gasteiger partial charge in [0.25, 0.3) is 0 Å². The quantitative estimate of drug-likeness (QED) is 0.228. The Morgan fingerprint density at radius 3 is 2.10 bits per heavy atom. The molecule has 1 aliphatic rings.